The quantitative estimate of drug-likeness (QED) is 0.354. The van der Waals surface area contributed by atoms with Gasteiger partial charge in [-0.1, -0.05) is 90.7 Å². The van der Waals surface area contributed by atoms with Gasteiger partial charge in [-0.15, -0.1) is 0 Å². The molecule has 0 aromatic heterocycles. The van der Waals surface area contributed by atoms with Crippen LogP contribution in [0.1, 0.15) is 35.6 Å². The van der Waals surface area contributed by atoms with E-state index in [-0.39, 0.29) is 18.3 Å². The van der Waals surface area contributed by atoms with Crippen molar-refractivity contribution in [2.45, 2.75) is 31.2 Å². The van der Waals surface area contributed by atoms with E-state index in [1.165, 1.54) is 21.9 Å². The lowest BCUT2D eigenvalue weighted by molar-refractivity contribution is 0.00563. The lowest BCUT2D eigenvalue weighted by Crippen LogP contribution is -2.45. The summed E-state index contributed by atoms with van der Waals surface area (Å²) in [6.45, 7) is 0. The minimum Gasteiger partial charge on any atom is -0.475 e. The number of hydrogen-bond donors (Lipinski definition) is 0. The van der Waals surface area contributed by atoms with Crippen LogP contribution in [0.2, 0.25) is 0 Å². The van der Waals surface area contributed by atoms with Gasteiger partial charge in [-0.2, -0.15) is 0 Å². The Kier molecular flexibility index (Phi) is 4.48. The third-order valence-electron chi connectivity index (χ3n) is 6.42. The molecule has 1 fully saturated rings. The monoisotopic (exact) mass is 401 g/mol. The van der Waals surface area contributed by atoms with Gasteiger partial charge in [-0.3, -0.25) is 0 Å². The first-order chi connectivity index (χ1) is 15.4. The van der Waals surface area contributed by atoms with Crippen molar-refractivity contribution in [3.8, 4) is 17.6 Å². The Morgan fingerprint density at radius 1 is 0.742 bits per heavy atom. The van der Waals surface area contributed by atoms with Crippen molar-refractivity contribution < 1.29 is 4.74 Å². The Balaban J connectivity index is 1.51. The maximum Gasteiger partial charge on any atom is 0.154 e. The molecular weight excluding hydrogens is 378 g/mol. The molecule has 6 rings (SSSR count). The molecule has 2 aliphatic rings. The van der Waals surface area contributed by atoms with E-state index < -0.39 is 0 Å². The van der Waals surface area contributed by atoms with Crippen LogP contribution in [0.3, 0.4) is 0 Å². The Morgan fingerprint density at radius 2 is 1.48 bits per heavy atom. The minimum atomic E-state index is 0.0499. The average Bonchev–Trinajstić information content (AvgIpc) is 3.25. The van der Waals surface area contributed by atoms with Gasteiger partial charge in [0.15, 0.2) is 6.23 Å². The smallest absolute Gasteiger partial charge is 0.154 e. The molecule has 0 saturated carbocycles. The average molecular weight is 402 g/mol. The van der Waals surface area contributed by atoms with Crippen LogP contribution in [0.4, 0.5) is 0 Å². The van der Waals surface area contributed by atoms with E-state index in [4.69, 9.17) is 4.74 Å². The standard InChI is InChI=1S/C29H23NO/c1-3-9-21(10-4-1)15-17-24-18-20-27-30(24)29(23-12-5-2-6-13-23)28-25-14-8-7-11-22(25)16-19-26(28)31-27/h1-14,16,19,24,27,29H,18,20H2/t24-,27+,29-/m0/s1. The Morgan fingerprint density at radius 3 is 2.32 bits per heavy atom. The first-order valence-corrected chi connectivity index (χ1v) is 11.0. The molecule has 4 aromatic carbocycles. The van der Waals surface area contributed by atoms with Crippen molar-refractivity contribution in [1.82, 2.24) is 4.90 Å². The van der Waals surface area contributed by atoms with E-state index in [2.05, 4.69) is 95.6 Å². The van der Waals surface area contributed by atoms with Crippen molar-refractivity contribution >= 4 is 10.8 Å². The molecule has 0 bridgehead atoms. The van der Waals surface area contributed by atoms with Crippen LogP contribution in [0.15, 0.2) is 97.1 Å². The molecule has 0 unspecified atom stereocenters. The van der Waals surface area contributed by atoms with Crippen LogP contribution in [-0.4, -0.2) is 17.2 Å². The number of hydrogen-bond acceptors (Lipinski definition) is 2. The molecule has 2 aliphatic heterocycles. The van der Waals surface area contributed by atoms with Crippen LogP contribution in [0, 0.1) is 11.8 Å². The lowest BCUT2D eigenvalue weighted by Gasteiger charge is -2.41. The van der Waals surface area contributed by atoms with Crippen molar-refractivity contribution in [2.24, 2.45) is 0 Å². The molecule has 2 nitrogen and oxygen atoms in total. The zero-order valence-electron chi connectivity index (χ0n) is 17.2. The fourth-order valence-electron chi connectivity index (χ4n) is 5.03. The third kappa shape index (κ3) is 3.19. The summed E-state index contributed by atoms with van der Waals surface area (Å²) >= 11 is 0. The van der Waals surface area contributed by atoms with E-state index in [0.29, 0.717) is 0 Å². The van der Waals surface area contributed by atoms with E-state index in [9.17, 15) is 0 Å². The molecule has 0 spiro atoms. The fourth-order valence-corrected chi connectivity index (χ4v) is 5.03. The second-order valence-corrected chi connectivity index (χ2v) is 8.26. The molecular formula is C29H23NO. The molecule has 0 aliphatic carbocycles. The molecule has 1 saturated heterocycles. The van der Waals surface area contributed by atoms with E-state index >= 15 is 0 Å². The molecule has 2 heteroatoms. The Bertz CT molecular complexity index is 1290. The summed E-state index contributed by atoms with van der Waals surface area (Å²) in [5.74, 6) is 7.98. The van der Waals surface area contributed by atoms with Gasteiger partial charge in [0.2, 0.25) is 0 Å². The second kappa shape index (κ2) is 7.61. The first-order valence-electron chi connectivity index (χ1n) is 11.0. The molecule has 0 radical (unpaired) electrons. The number of benzene rings is 4. The summed E-state index contributed by atoms with van der Waals surface area (Å²) < 4.78 is 6.56. The summed E-state index contributed by atoms with van der Waals surface area (Å²) in [5, 5.41) is 2.50. The third-order valence-corrected chi connectivity index (χ3v) is 6.42. The molecule has 0 amide bonds. The number of fused-ring (bicyclic) bond motifs is 4. The summed E-state index contributed by atoms with van der Waals surface area (Å²) in [6, 6.07) is 34.3. The zero-order chi connectivity index (χ0) is 20.6. The number of ether oxygens (including phenoxy) is 1. The molecule has 3 atom stereocenters. The van der Waals surface area contributed by atoms with E-state index in [0.717, 1.165) is 24.2 Å². The highest BCUT2D eigenvalue weighted by Gasteiger charge is 2.45. The van der Waals surface area contributed by atoms with Gasteiger partial charge in [0.05, 0.1) is 12.1 Å². The molecule has 0 N–H and O–H groups in total. The number of rotatable bonds is 1. The maximum atomic E-state index is 6.56. The summed E-state index contributed by atoms with van der Waals surface area (Å²) in [7, 11) is 0. The van der Waals surface area contributed by atoms with Crippen molar-refractivity contribution in [3.63, 3.8) is 0 Å². The summed E-state index contributed by atoms with van der Waals surface area (Å²) in [6.07, 6.45) is 2.05. The van der Waals surface area contributed by atoms with Crippen LogP contribution in [0.5, 0.6) is 5.75 Å². The van der Waals surface area contributed by atoms with Crippen molar-refractivity contribution in [1.29, 1.82) is 0 Å². The normalized spacial score (nSPS) is 22.1. The van der Waals surface area contributed by atoms with Gasteiger partial charge in [-0.05, 0) is 41.0 Å². The summed E-state index contributed by atoms with van der Waals surface area (Å²) in [4.78, 5) is 2.50. The highest BCUT2D eigenvalue weighted by atomic mass is 16.5. The van der Waals surface area contributed by atoms with Crippen LogP contribution < -0.4 is 4.74 Å². The predicted octanol–water partition coefficient (Wildman–Crippen LogP) is 6.16. The van der Waals surface area contributed by atoms with Gasteiger partial charge in [0, 0.05) is 17.5 Å². The minimum absolute atomic E-state index is 0.0499. The zero-order valence-corrected chi connectivity index (χ0v) is 17.2. The van der Waals surface area contributed by atoms with Crippen molar-refractivity contribution in [2.75, 3.05) is 0 Å². The summed E-state index contributed by atoms with van der Waals surface area (Å²) in [5.41, 5.74) is 3.61. The maximum absolute atomic E-state index is 6.56. The molecule has 4 aromatic rings. The van der Waals surface area contributed by atoms with E-state index in [1.807, 2.05) is 18.2 Å². The second-order valence-electron chi connectivity index (χ2n) is 8.26. The largest absolute Gasteiger partial charge is 0.475 e. The van der Waals surface area contributed by atoms with Gasteiger partial charge < -0.3 is 4.74 Å². The Hall–Kier alpha value is -3.54. The Labute approximate surface area is 183 Å². The van der Waals surface area contributed by atoms with Gasteiger partial charge >= 0.3 is 0 Å². The predicted molar refractivity (Wildman–Crippen MR) is 125 cm³/mol. The van der Waals surface area contributed by atoms with Crippen LogP contribution in [0.25, 0.3) is 10.8 Å². The molecule has 2 heterocycles. The first kappa shape index (κ1) is 18.2. The van der Waals surface area contributed by atoms with Gasteiger partial charge in [-0.25, -0.2) is 4.90 Å². The van der Waals surface area contributed by atoms with Crippen LogP contribution in [-0.2, 0) is 0 Å². The van der Waals surface area contributed by atoms with E-state index in [1.54, 1.807) is 0 Å². The van der Waals surface area contributed by atoms with Crippen LogP contribution >= 0.6 is 0 Å². The molecule has 150 valence electrons. The van der Waals surface area contributed by atoms with Gasteiger partial charge in [0.25, 0.3) is 0 Å². The highest BCUT2D eigenvalue weighted by molar-refractivity contribution is 5.89. The lowest BCUT2D eigenvalue weighted by atomic mass is 9.90. The topological polar surface area (TPSA) is 12.5 Å². The van der Waals surface area contributed by atoms with Crippen molar-refractivity contribution in [3.05, 3.63) is 114 Å². The highest BCUT2D eigenvalue weighted by Crippen LogP contribution is 2.48. The SMILES string of the molecule is C(#C[C@H]1CC[C@H]2Oc3ccc4ccccc4c3[C@H](c3ccccc3)N12)c1ccccc1. The molecule has 31 heavy (non-hydrogen) atoms. The number of nitrogens with zero attached hydrogens (tertiary/aromatic N) is 1. The van der Waals surface area contributed by atoms with Gasteiger partial charge in [0.1, 0.15) is 5.75 Å². The fraction of sp³-hybridized carbons (Fsp3) is 0.172.